The van der Waals surface area contributed by atoms with Crippen LogP contribution in [0.2, 0.25) is 0 Å². The average molecular weight is 311 g/mol. The summed E-state index contributed by atoms with van der Waals surface area (Å²) < 4.78 is 0. The molecule has 1 aliphatic heterocycles. The summed E-state index contributed by atoms with van der Waals surface area (Å²) in [5.74, 6) is -0.233. The summed E-state index contributed by atoms with van der Waals surface area (Å²) in [5.41, 5.74) is 2.17. The van der Waals surface area contributed by atoms with E-state index in [-0.39, 0.29) is 11.5 Å². The first kappa shape index (κ1) is 15.3. The van der Waals surface area contributed by atoms with Crippen LogP contribution in [0.1, 0.15) is 36.0 Å². The molecule has 0 saturated carbocycles. The van der Waals surface area contributed by atoms with Crippen molar-refractivity contribution in [1.29, 1.82) is 0 Å². The van der Waals surface area contributed by atoms with Gasteiger partial charge in [-0.3, -0.25) is 9.59 Å². The Morgan fingerprint density at radius 1 is 0.957 bits per heavy atom. The highest BCUT2D eigenvalue weighted by molar-refractivity contribution is 6.04. The number of carbonyl (C=O) groups excluding carboxylic acids is 1. The number of aromatic amines is 1. The zero-order chi connectivity index (χ0) is 16.1. The second kappa shape index (κ2) is 7.13. The third-order valence-electron chi connectivity index (χ3n) is 4.14. The second-order valence-corrected chi connectivity index (χ2v) is 5.84. The molecule has 5 nitrogen and oxygen atoms in total. The number of hydrogen-bond donors (Lipinski definition) is 2. The highest BCUT2D eigenvalue weighted by Crippen LogP contribution is 2.21. The Kier molecular flexibility index (Phi) is 4.76. The third kappa shape index (κ3) is 4.00. The lowest BCUT2D eigenvalue weighted by atomic mass is 10.2. The van der Waals surface area contributed by atoms with Crippen LogP contribution in [0.3, 0.4) is 0 Å². The summed E-state index contributed by atoms with van der Waals surface area (Å²) in [5, 5.41) is 2.84. The van der Waals surface area contributed by atoms with E-state index in [0.717, 1.165) is 18.8 Å². The molecule has 0 unspecified atom stereocenters. The van der Waals surface area contributed by atoms with E-state index in [9.17, 15) is 9.59 Å². The van der Waals surface area contributed by atoms with Crippen LogP contribution in [0, 0.1) is 0 Å². The van der Waals surface area contributed by atoms with Gasteiger partial charge >= 0.3 is 0 Å². The summed E-state index contributed by atoms with van der Waals surface area (Å²) in [6.07, 6.45) is 6.52. The molecule has 1 aromatic carbocycles. The largest absolute Gasteiger partial charge is 0.372 e. The van der Waals surface area contributed by atoms with Crippen molar-refractivity contribution in [2.75, 3.05) is 23.3 Å². The highest BCUT2D eigenvalue weighted by Gasteiger charge is 2.10. The van der Waals surface area contributed by atoms with E-state index in [2.05, 4.69) is 15.2 Å². The van der Waals surface area contributed by atoms with Crippen LogP contribution in [0.4, 0.5) is 11.4 Å². The number of carbonyl (C=O) groups is 1. The van der Waals surface area contributed by atoms with Crippen LogP contribution in [-0.2, 0) is 0 Å². The maximum atomic E-state index is 12.1. The Balaban J connectivity index is 1.66. The van der Waals surface area contributed by atoms with Gasteiger partial charge in [-0.25, -0.2) is 0 Å². The van der Waals surface area contributed by atoms with Crippen molar-refractivity contribution < 1.29 is 4.79 Å². The van der Waals surface area contributed by atoms with Crippen LogP contribution in [0.5, 0.6) is 0 Å². The van der Waals surface area contributed by atoms with Gasteiger partial charge in [-0.05, 0) is 43.2 Å². The second-order valence-electron chi connectivity index (χ2n) is 5.84. The Morgan fingerprint density at radius 2 is 1.65 bits per heavy atom. The molecular weight excluding hydrogens is 290 g/mol. The van der Waals surface area contributed by atoms with E-state index in [1.165, 1.54) is 49.7 Å². The van der Waals surface area contributed by atoms with E-state index in [0.29, 0.717) is 5.56 Å². The van der Waals surface area contributed by atoms with E-state index < -0.39 is 0 Å². The van der Waals surface area contributed by atoms with Gasteiger partial charge in [-0.1, -0.05) is 12.8 Å². The number of nitrogens with zero attached hydrogens (tertiary/aromatic N) is 1. The third-order valence-corrected chi connectivity index (χ3v) is 4.14. The first-order chi connectivity index (χ1) is 11.2. The van der Waals surface area contributed by atoms with Crippen molar-refractivity contribution >= 4 is 17.3 Å². The monoisotopic (exact) mass is 311 g/mol. The topological polar surface area (TPSA) is 65.2 Å². The highest BCUT2D eigenvalue weighted by atomic mass is 16.1. The number of anilines is 2. The molecule has 2 N–H and O–H groups in total. The number of nitrogens with one attached hydrogen (secondary N) is 2. The fourth-order valence-corrected chi connectivity index (χ4v) is 2.84. The number of amides is 1. The normalized spacial score (nSPS) is 15.0. The Hall–Kier alpha value is -2.56. The van der Waals surface area contributed by atoms with Gasteiger partial charge in [0.15, 0.2) is 0 Å². The van der Waals surface area contributed by atoms with Crippen LogP contribution < -0.4 is 15.8 Å². The summed E-state index contributed by atoms with van der Waals surface area (Å²) in [6.45, 7) is 2.20. The number of hydrogen-bond acceptors (Lipinski definition) is 3. The lowest BCUT2D eigenvalue weighted by molar-refractivity contribution is 0.102. The molecule has 2 heterocycles. The van der Waals surface area contributed by atoms with E-state index in [4.69, 9.17) is 0 Å². The van der Waals surface area contributed by atoms with E-state index in [1.54, 1.807) is 0 Å². The molecule has 1 aliphatic rings. The van der Waals surface area contributed by atoms with Gasteiger partial charge in [-0.15, -0.1) is 0 Å². The van der Waals surface area contributed by atoms with Crippen LogP contribution >= 0.6 is 0 Å². The van der Waals surface area contributed by atoms with Gasteiger partial charge in [0, 0.05) is 36.7 Å². The van der Waals surface area contributed by atoms with Crippen LogP contribution in [0.15, 0.2) is 47.4 Å². The SMILES string of the molecule is O=C(Nc1ccc(N2CCCCCC2)cc1)c1ccc(=O)[nH]c1. The molecule has 23 heavy (non-hydrogen) atoms. The van der Waals surface area contributed by atoms with Crippen molar-refractivity contribution in [3.8, 4) is 0 Å². The van der Waals surface area contributed by atoms with Crippen molar-refractivity contribution in [1.82, 2.24) is 4.98 Å². The average Bonchev–Trinajstić information content (AvgIpc) is 2.85. The van der Waals surface area contributed by atoms with E-state index >= 15 is 0 Å². The molecule has 0 radical (unpaired) electrons. The van der Waals surface area contributed by atoms with Crippen molar-refractivity contribution in [2.45, 2.75) is 25.7 Å². The fourth-order valence-electron chi connectivity index (χ4n) is 2.84. The minimum Gasteiger partial charge on any atom is -0.372 e. The summed E-state index contributed by atoms with van der Waals surface area (Å²) in [7, 11) is 0. The number of rotatable bonds is 3. The number of aromatic nitrogens is 1. The first-order valence-electron chi connectivity index (χ1n) is 8.07. The molecule has 0 atom stereocenters. The number of pyridine rings is 1. The van der Waals surface area contributed by atoms with Gasteiger partial charge in [0.25, 0.3) is 5.91 Å². The molecule has 120 valence electrons. The molecule has 1 amide bonds. The quantitative estimate of drug-likeness (QED) is 0.916. The van der Waals surface area contributed by atoms with Gasteiger partial charge < -0.3 is 15.2 Å². The molecule has 0 aliphatic carbocycles. The Labute approximate surface area is 135 Å². The zero-order valence-electron chi connectivity index (χ0n) is 13.0. The van der Waals surface area contributed by atoms with E-state index in [1.807, 2.05) is 24.3 Å². The summed E-state index contributed by atoms with van der Waals surface area (Å²) in [6, 6.07) is 10.8. The molecule has 1 fully saturated rings. The standard InChI is InChI=1S/C18H21N3O2/c22-17-10-5-14(13-19-17)18(23)20-15-6-8-16(9-7-15)21-11-3-1-2-4-12-21/h5-10,13H,1-4,11-12H2,(H,19,22)(H,20,23). The number of H-pyrrole nitrogens is 1. The van der Waals surface area contributed by atoms with Crippen molar-refractivity contribution in [2.24, 2.45) is 0 Å². The zero-order valence-corrected chi connectivity index (χ0v) is 13.0. The molecule has 1 aromatic heterocycles. The molecule has 1 saturated heterocycles. The Morgan fingerprint density at radius 3 is 2.26 bits per heavy atom. The smallest absolute Gasteiger partial charge is 0.257 e. The lowest BCUT2D eigenvalue weighted by Gasteiger charge is -2.22. The molecule has 2 aromatic rings. The van der Waals surface area contributed by atoms with Gasteiger partial charge in [0.1, 0.15) is 0 Å². The summed E-state index contributed by atoms with van der Waals surface area (Å²) in [4.78, 5) is 28.0. The van der Waals surface area contributed by atoms with Crippen molar-refractivity contribution in [3.63, 3.8) is 0 Å². The van der Waals surface area contributed by atoms with Gasteiger partial charge in [-0.2, -0.15) is 0 Å². The van der Waals surface area contributed by atoms with Crippen LogP contribution in [-0.4, -0.2) is 24.0 Å². The molecule has 3 rings (SSSR count). The molecule has 5 heteroatoms. The predicted octanol–water partition coefficient (Wildman–Crippen LogP) is 3.01. The minimum absolute atomic E-state index is 0.219. The number of benzene rings is 1. The van der Waals surface area contributed by atoms with Gasteiger partial charge in [0.05, 0.1) is 5.56 Å². The van der Waals surface area contributed by atoms with Gasteiger partial charge in [0.2, 0.25) is 5.56 Å². The van der Waals surface area contributed by atoms with Crippen molar-refractivity contribution in [3.05, 3.63) is 58.5 Å². The minimum atomic E-state index is -0.233. The lowest BCUT2D eigenvalue weighted by Crippen LogP contribution is -2.23. The maximum absolute atomic E-state index is 12.1. The first-order valence-corrected chi connectivity index (χ1v) is 8.07. The molecular formula is C18H21N3O2. The molecule has 0 bridgehead atoms. The fraction of sp³-hybridized carbons (Fsp3) is 0.333. The maximum Gasteiger partial charge on any atom is 0.257 e. The summed E-state index contributed by atoms with van der Waals surface area (Å²) >= 11 is 0. The van der Waals surface area contributed by atoms with Crippen LogP contribution in [0.25, 0.3) is 0 Å². The Bertz CT molecular complexity index is 693. The predicted molar refractivity (Wildman–Crippen MR) is 92.1 cm³/mol. The molecule has 0 spiro atoms.